The second kappa shape index (κ2) is 4.44. The van der Waals surface area contributed by atoms with Crippen LogP contribution in [-0.4, -0.2) is 4.98 Å². The average molecular weight is 325 g/mol. The molecule has 0 radical (unpaired) electrons. The fraction of sp³-hybridized carbons (Fsp3) is 0.154. The summed E-state index contributed by atoms with van der Waals surface area (Å²) in [5, 5.41) is 0.631. The van der Waals surface area contributed by atoms with Gasteiger partial charge in [-0.05, 0) is 45.3 Å². The van der Waals surface area contributed by atoms with Crippen molar-refractivity contribution in [2.24, 2.45) is 0 Å². The number of nitrogens with zero attached hydrogens (tertiary/aromatic N) is 2. The van der Waals surface area contributed by atoms with Crippen LogP contribution >= 0.6 is 27.5 Å². The van der Waals surface area contributed by atoms with Gasteiger partial charge in [-0.1, -0.05) is 17.7 Å². The van der Waals surface area contributed by atoms with Gasteiger partial charge >= 0.3 is 0 Å². The van der Waals surface area contributed by atoms with Crippen molar-refractivity contribution >= 4 is 39.0 Å². The zero-order valence-corrected chi connectivity index (χ0v) is 11.9. The van der Waals surface area contributed by atoms with Gasteiger partial charge in [-0.2, -0.15) is 0 Å². The summed E-state index contributed by atoms with van der Waals surface area (Å²) in [5.74, 6) is 0.911. The molecular weight excluding hydrogens is 314 g/mol. The number of halogens is 2. The van der Waals surface area contributed by atoms with Crippen LogP contribution in [0.5, 0.6) is 0 Å². The van der Waals surface area contributed by atoms with Gasteiger partial charge in [-0.3, -0.25) is 0 Å². The number of hydrogen-bond acceptors (Lipinski definition) is 3. The lowest BCUT2D eigenvalue weighted by Gasteiger charge is -2.17. The SMILES string of the molecule is Nc1ccc2c(c1)CN(c1ncc(Cl)cc1Br)C2. The average Bonchev–Trinajstić information content (AvgIpc) is 2.71. The van der Waals surface area contributed by atoms with E-state index in [2.05, 4.69) is 31.9 Å². The predicted octanol–water partition coefficient (Wildman–Crippen LogP) is 3.60. The maximum atomic E-state index is 5.91. The molecule has 0 aliphatic carbocycles. The smallest absolute Gasteiger partial charge is 0.143 e. The van der Waals surface area contributed by atoms with Gasteiger partial charge in [0.1, 0.15) is 5.82 Å². The van der Waals surface area contributed by atoms with Crippen LogP contribution in [0.1, 0.15) is 11.1 Å². The predicted molar refractivity (Wildman–Crippen MR) is 77.7 cm³/mol. The first-order chi connectivity index (χ1) is 8.63. The number of benzene rings is 1. The van der Waals surface area contributed by atoms with Crippen molar-refractivity contribution in [1.82, 2.24) is 4.98 Å². The third kappa shape index (κ3) is 2.06. The maximum absolute atomic E-state index is 5.91. The maximum Gasteiger partial charge on any atom is 0.143 e. The van der Waals surface area contributed by atoms with Gasteiger partial charge in [0.05, 0.1) is 9.50 Å². The molecule has 3 rings (SSSR count). The normalized spacial score (nSPS) is 13.8. The fourth-order valence-corrected chi connectivity index (χ4v) is 3.09. The molecule has 0 saturated carbocycles. The molecule has 1 aliphatic rings. The van der Waals surface area contributed by atoms with Crippen LogP contribution in [-0.2, 0) is 13.1 Å². The minimum absolute atomic E-state index is 0.631. The molecule has 0 atom stereocenters. The van der Waals surface area contributed by atoms with Crippen LogP contribution in [0.4, 0.5) is 11.5 Å². The number of rotatable bonds is 1. The molecule has 1 aromatic carbocycles. The highest BCUT2D eigenvalue weighted by Gasteiger charge is 2.21. The van der Waals surface area contributed by atoms with Crippen molar-refractivity contribution in [3.8, 4) is 0 Å². The molecule has 0 fully saturated rings. The first kappa shape index (κ1) is 11.8. The molecule has 2 heterocycles. The summed E-state index contributed by atoms with van der Waals surface area (Å²) in [4.78, 5) is 6.58. The Labute approximate surface area is 119 Å². The van der Waals surface area contributed by atoms with Gasteiger partial charge in [-0.25, -0.2) is 4.98 Å². The molecule has 0 unspecified atom stereocenters. The molecule has 0 spiro atoms. The van der Waals surface area contributed by atoms with Crippen molar-refractivity contribution in [3.05, 3.63) is 51.1 Å². The Bertz CT molecular complexity index is 615. The molecule has 92 valence electrons. The highest BCUT2D eigenvalue weighted by molar-refractivity contribution is 9.10. The minimum atomic E-state index is 0.631. The highest BCUT2D eigenvalue weighted by atomic mass is 79.9. The van der Waals surface area contributed by atoms with Crippen molar-refractivity contribution in [2.45, 2.75) is 13.1 Å². The highest BCUT2D eigenvalue weighted by Crippen LogP contribution is 2.33. The number of aromatic nitrogens is 1. The van der Waals surface area contributed by atoms with Crippen LogP contribution in [0.25, 0.3) is 0 Å². The van der Waals surface area contributed by atoms with Gasteiger partial charge in [-0.15, -0.1) is 0 Å². The van der Waals surface area contributed by atoms with E-state index < -0.39 is 0 Å². The van der Waals surface area contributed by atoms with E-state index in [0.717, 1.165) is 29.1 Å². The second-order valence-corrected chi connectivity index (χ2v) is 5.63. The van der Waals surface area contributed by atoms with Crippen molar-refractivity contribution in [2.75, 3.05) is 10.6 Å². The largest absolute Gasteiger partial charge is 0.399 e. The number of nitrogen functional groups attached to an aromatic ring is 1. The second-order valence-electron chi connectivity index (χ2n) is 4.34. The zero-order valence-electron chi connectivity index (χ0n) is 9.53. The summed E-state index contributed by atoms with van der Waals surface area (Å²) in [6.07, 6.45) is 1.67. The lowest BCUT2D eigenvalue weighted by molar-refractivity contribution is 0.853. The van der Waals surface area contributed by atoms with Crippen molar-refractivity contribution in [1.29, 1.82) is 0 Å². The van der Waals surface area contributed by atoms with Crippen LogP contribution in [0, 0.1) is 0 Å². The van der Waals surface area contributed by atoms with Crippen LogP contribution in [0.15, 0.2) is 34.9 Å². The Morgan fingerprint density at radius 3 is 2.78 bits per heavy atom. The number of nitrogens with two attached hydrogens (primary N) is 1. The quantitative estimate of drug-likeness (QED) is 0.815. The summed E-state index contributed by atoms with van der Waals surface area (Å²) in [7, 11) is 0. The number of pyridine rings is 1. The molecule has 18 heavy (non-hydrogen) atoms. The fourth-order valence-electron chi connectivity index (χ4n) is 2.20. The monoisotopic (exact) mass is 323 g/mol. The van der Waals surface area contributed by atoms with Crippen LogP contribution in [0.3, 0.4) is 0 Å². The van der Waals surface area contributed by atoms with Gasteiger partial charge in [0.2, 0.25) is 0 Å². The van der Waals surface area contributed by atoms with Crippen molar-refractivity contribution < 1.29 is 0 Å². The third-order valence-electron chi connectivity index (χ3n) is 3.04. The molecule has 1 aromatic heterocycles. The van der Waals surface area contributed by atoms with Gasteiger partial charge in [0, 0.05) is 25.0 Å². The van der Waals surface area contributed by atoms with E-state index >= 15 is 0 Å². The van der Waals surface area contributed by atoms with Crippen molar-refractivity contribution in [3.63, 3.8) is 0 Å². The molecule has 2 N–H and O–H groups in total. The van der Waals surface area contributed by atoms with E-state index in [4.69, 9.17) is 17.3 Å². The van der Waals surface area contributed by atoms with Crippen LogP contribution < -0.4 is 10.6 Å². The summed E-state index contributed by atoms with van der Waals surface area (Å²) >= 11 is 9.41. The lowest BCUT2D eigenvalue weighted by atomic mass is 10.1. The Hall–Kier alpha value is -1.26. The first-order valence-corrected chi connectivity index (χ1v) is 6.74. The molecule has 0 saturated heterocycles. The summed E-state index contributed by atoms with van der Waals surface area (Å²) in [6.45, 7) is 1.68. The molecular formula is C13H11BrClN3. The summed E-state index contributed by atoms with van der Waals surface area (Å²) < 4.78 is 0.913. The zero-order chi connectivity index (χ0) is 12.7. The Morgan fingerprint density at radius 1 is 1.22 bits per heavy atom. The number of anilines is 2. The molecule has 5 heteroatoms. The Balaban J connectivity index is 1.93. The Morgan fingerprint density at radius 2 is 2.00 bits per heavy atom. The molecule has 0 amide bonds. The van der Waals surface area contributed by atoms with E-state index in [0.29, 0.717) is 5.02 Å². The van der Waals surface area contributed by atoms with Gasteiger partial charge in [0.25, 0.3) is 0 Å². The summed E-state index contributed by atoms with van der Waals surface area (Å²) in [5.41, 5.74) is 9.17. The third-order valence-corrected chi connectivity index (χ3v) is 3.83. The van der Waals surface area contributed by atoms with E-state index in [1.807, 2.05) is 18.2 Å². The molecule has 3 nitrogen and oxygen atoms in total. The summed E-state index contributed by atoms with van der Waals surface area (Å²) in [6, 6.07) is 7.90. The molecule has 1 aliphatic heterocycles. The minimum Gasteiger partial charge on any atom is -0.399 e. The lowest BCUT2D eigenvalue weighted by Crippen LogP contribution is -2.16. The number of hydrogen-bond donors (Lipinski definition) is 1. The van der Waals surface area contributed by atoms with E-state index in [1.54, 1.807) is 6.20 Å². The van der Waals surface area contributed by atoms with E-state index in [9.17, 15) is 0 Å². The van der Waals surface area contributed by atoms with Gasteiger partial charge < -0.3 is 10.6 Å². The van der Waals surface area contributed by atoms with E-state index in [-0.39, 0.29) is 0 Å². The number of fused-ring (bicyclic) bond motifs is 1. The molecule has 0 bridgehead atoms. The molecule has 2 aromatic rings. The van der Waals surface area contributed by atoms with Gasteiger partial charge in [0.15, 0.2) is 0 Å². The van der Waals surface area contributed by atoms with Crippen LogP contribution in [0.2, 0.25) is 5.02 Å². The Kier molecular flexibility index (Phi) is 2.92. The standard InChI is InChI=1S/C13H11BrClN3/c14-12-4-10(15)5-17-13(12)18-6-8-1-2-11(16)3-9(8)7-18/h1-5H,6-7,16H2. The topological polar surface area (TPSA) is 42.1 Å². The van der Waals surface area contributed by atoms with E-state index in [1.165, 1.54) is 11.1 Å². The first-order valence-electron chi connectivity index (χ1n) is 5.57.